The third-order valence-corrected chi connectivity index (χ3v) is 9.09. The van der Waals surface area contributed by atoms with E-state index in [0.29, 0.717) is 23.8 Å². The molecule has 1 amide bonds. The Morgan fingerprint density at radius 1 is 1.23 bits per heavy atom. The molecule has 35 heavy (non-hydrogen) atoms. The van der Waals surface area contributed by atoms with Gasteiger partial charge in [0, 0.05) is 25.4 Å². The zero-order chi connectivity index (χ0) is 24.9. The van der Waals surface area contributed by atoms with Gasteiger partial charge in [-0.05, 0) is 96.1 Å². The van der Waals surface area contributed by atoms with Crippen molar-refractivity contribution in [3.8, 4) is 0 Å². The van der Waals surface area contributed by atoms with Crippen LogP contribution in [0.15, 0.2) is 36.7 Å². The van der Waals surface area contributed by atoms with Crippen molar-refractivity contribution >= 4 is 11.9 Å². The van der Waals surface area contributed by atoms with Crippen molar-refractivity contribution in [1.82, 2.24) is 9.88 Å². The fraction of sp³-hybridized carbons (Fsp3) is 0.536. The van der Waals surface area contributed by atoms with E-state index >= 15 is 0 Å². The normalized spacial score (nSPS) is 31.3. The van der Waals surface area contributed by atoms with Crippen LogP contribution in [0.2, 0.25) is 0 Å². The molecule has 0 saturated heterocycles. The summed E-state index contributed by atoms with van der Waals surface area (Å²) in [7, 11) is 1.63. The zero-order valence-electron chi connectivity index (χ0n) is 20.3. The summed E-state index contributed by atoms with van der Waals surface area (Å²) in [6.07, 6.45) is 6.88. The number of aliphatic hydroxyl groups is 1. The quantitative estimate of drug-likeness (QED) is 0.663. The van der Waals surface area contributed by atoms with Crippen LogP contribution in [0.3, 0.4) is 0 Å². The van der Waals surface area contributed by atoms with E-state index in [0.717, 1.165) is 31.2 Å². The highest BCUT2D eigenvalue weighted by molar-refractivity contribution is 5.94. The van der Waals surface area contributed by atoms with Gasteiger partial charge in [0.2, 0.25) is 0 Å². The lowest BCUT2D eigenvalue weighted by Gasteiger charge is -2.51. The number of rotatable bonds is 5. The highest BCUT2D eigenvalue weighted by Crippen LogP contribution is 2.65. The van der Waals surface area contributed by atoms with Gasteiger partial charge in [-0.3, -0.25) is 14.6 Å². The summed E-state index contributed by atoms with van der Waals surface area (Å²) in [5.74, 6) is -0.489. The lowest BCUT2D eigenvalue weighted by molar-refractivity contribution is -0.137. The number of carbonyl (C=O) groups is 2. The molecule has 2 fully saturated rings. The SMILES string of the molecule is CN(CCC(=O)O)C(=O)c1ccc2c(c1)CC[C@H]1[C@@H]3[C@@H](O)C[C@H](c4cncc(F)c4)[C@@]3(C)CC[C@H]21. The third kappa shape index (κ3) is 4.14. The standard InChI is InChI=1S/C28H33FN2O4/c1-28-9-7-21-20-5-4-17(27(35)31(2)10-8-25(33)34)11-16(20)3-6-22(21)26(28)24(32)13-23(28)18-12-19(29)15-30-14-18/h4-5,11-12,14-15,21-24,26,32H,3,6-10,13H2,1-2H3,(H,33,34)/t21-,22-,23-,24+,26-,28-/m1/s1. The number of amides is 1. The Labute approximate surface area is 205 Å². The van der Waals surface area contributed by atoms with Crippen molar-refractivity contribution in [3.05, 3.63) is 64.7 Å². The van der Waals surface area contributed by atoms with Crippen LogP contribution in [0, 0.1) is 23.1 Å². The molecule has 7 heteroatoms. The number of carboxylic acid groups (broad SMARTS) is 1. The van der Waals surface area contributed by atoms with E-state index in [4.69, 9.17) is 5.11 Å². The molecule has 0 radical (unpaired) electrons. The van der Waals surface area contributed by atoms with Gasteiger partial charge in [0.05, 0.1) is 18.7 Å². The summed E-state index contributed by atoms with van der Waals surface area (Å²) in [5.41, 5.74) is 3.84. The van der Waals surface area contributed by atoms with Crippen LogP contribution < -0.4 is 0 Å². The van der Waals surface area contributed by atoms with Crippen LogP contribution in [0.1, 0.15) is 77.9 Å². The average molecular weight is 481 g/mol. The fourth-order valence-corrected chi connectivity index (χ4v) is 7.50. The molecular weight excluding hydrogens is 447 g/mol. The van der Waals surface area contributed by atoms with Gasteiger partial charge < -0.3 is 15.1 Å². The lowest BCUT2D eigenvalue weighted by Crippen LogP contribution is -2.45. The van der Waals surface area contributed by atoms with E-state index in [-0.39, 0.29) is 41.9 Å². The Bertz CT molecular complexity index is 1150. The van der Waals surface area contributed by atoms with Gasteiger partial charge in [-0.1, -0.05) is 13.0 Å². The summed E-state index contributed by atoms with van der Waals surface area (Å²) in [6, 6.07) is 7.49. The van der Waals surface area contributed by atoms with E-state index in [9.17, 15) is 19.1 Å². The molecule has 0 unspecified atom stereocenters. The highest BCUT2D eigenvalue weighted by atomic mass is 19.1. The second kappa shape index (κ2) is 9.01. The van der Waals surface area contributed by atoms with Gasteiger partial charge >= 0.3 is 5.97 Å². The predicted molar refractivity (Wildman–Crippen MR) is 129 cm³/mol. The van der Waals surface area contributed by atoms with Gasteiger partial charge in [-0.2, -0.15) is 0 Å². The number of aliphatic carboxylic acids is 1. The minimum atomic E-state index is -0.921. The van der Waals surface area contributed by atoms with Crippen molar-refractivity contribution in [1.29, 1.82) is 0 Å². The van der Waals surface area contributed by atoms with Crippen LogP contribution >= 0.6 is 0 Å². The molecule has 0 aliphatic heterocycles. The smallest absolute Gasteiger partial charge is 0.305 e. The number of pyridine rings is 1. The van der Waals surface area contributed by atoms with E-state index in [1.54, 1.807) is 19.3 Å². The molecule has 6 nitrogen and oxygen atoms in total. The molecule has 3 aliphatic rings. The maximum absolute atomic E-state index is 13.9. The number of nitrogens with zero attached hydrogens (tertiary/aromatic N) is 2. The molecule has 0 spiro atoms. The van der Waals surface area contributed by atoms with Gasteiger partial charge in [0.25, 0.3) is 5.91 Å². The Balaban J connectivity index is 1.38. The Morgan fingerprint density at radius 3 is 2.77 bits per heavy atom. The summed E-state index contributed by atoms with van der Waals surface area (Å²) < 4.78 is 13.9. The van der Waals surface area contributed by atoms with Gasteiger partial charge in [-0.15, -0.1) is 0 Å². The van der Waals surface area contributed by atoms with Gasteiger partial charge in [0.1, 0.15) is 5.82 Å². The van der Waals surface area contributed by atoms with Crippen LogP contribution in [-0.4, -0.2) is 51.7 Å². The summed E-state index contributed by atoms with van der Waals surface area (Å²) in [5, 5.41) is 20.1. The first-order valence-electron chi connectivity index (χ1n) is 12.6. The lowest BCUT2D eigenvalue weighted by atomic mass is 9.53. The number of hydrogen-bond donors (Lipinski definition) is 2. The molecule has 3 aliphatic carbocycles. The van der Waals surface area contributed by atoms with Crippen molar-refractivity contribution in [2.75, 3.05) is 13.6 Å². The van der Waals surface area contributed by atoms with Crippen molar-refractivity contribution in [2.45, 2.75) is 63.4 Å². The largest absolute Gasteiger partial charge is 0.481 e. The molecule has 1 heterocycles. The molecule has 5 rings (SSSR count). The highest BCUT2D eigenvalue weighted by Gasteiger charge is 2.58. The van der Waals surface area contributed by atoms with Gasteiger partial charge in [0.15, 0.2) is 0 Å². The van der Waals surface area contributed by atoms with E-state index in [2.05, 4.69) is 18.0 Å². The number of hydrogen-bond acceptors (Lipinski definition) is 4. The summed E-state index contributed by atoms with van der Waals surface area (Å²) >= 11 is 0. The topological polar surface area (TPSA) is 90.7 Å². The minimum absolute atomic E-state index is 0.0773. The minimum Gasteiger partial charge on any atom is -0.481 e. The predicted octanol–water partition coefficient (Wildman–Crippen LogP) is 4.38. The molecule has 6 atom stereocenters. The summed E-state index contributed by atoms with van der Waals surface area (Å²) in [4.78, 5) is 29.2. The first-order chi connectivity index (χ1) is 16.7. The maximum Gasteiger partial charge on any atom is 0.305 e. The second-order valence-electron chi connectivity index (χ2n) is 11.0. The monoisotopic (exact) mass is 480 g/mol. The first-order valence-corrected chi connectivity index (χ1v) is 12.6. The Morgan fingerprint density at radius 2 is 2.03 bits per heavy atom. The molecule has 0 bridgehead atoms. The van der Waals surface area contributed by atoms with Crippen molar-refractivity contribution in [2.24, 2.45) is 17.3 Å². The maximum atomic E-state index is 13.9. The number of aliphatic hydroxyl groups excluding tert-OH is 1. The fourth-order valence-electron chi connectivity index (χ4n) is 7.50. The number of aromatic nitrogens is 1. The molecule has 1 aromatic carbocycles. The first kappa shape index (κ1) is 23.9. The van der Waals surface area contributed by atoms with E-state index in [1.807, 2.05) is 12.1 Å². The number of benzene rings is 1. The van der Waals surface area contributed by atoms with Crippen LogP contribution in [0.25, 0.3) is 0 Å². The number of aryl methyl sites for hydroxylation is 1. The molecule has 2 aromatic rings. The average Bonchev–Trinajstić information content (AvgIpc) is 3.12. The van der Waals surface area contributed by atoms with Crippen molar-refractivity contribution in [3.63, 3.8) is 0 Å². The number of fused-ring (bicyclic) bond motifs is 5. The number of halogens is 1. The van der Waals surface area contributed by atoms with Crippen LogP contribution in [0.5, 0.6) is 0 Å². The van der Waals surface area contributed by atoms with E-state index in [1.165, 1.54) is 22.2 Å². The Kier molecular flexibility index (Phi) is 6.16. The molecule has 2 saturated carbocycles. The molecule has 1 aromatic heterocycles. The number of carboxylic acids is 1. The molecule has 186 valence electrons. The van der Waals surface area contributed by atoms with Crippen molar-refractivity contribution < 1.29 is 24.2 Å². The summed E-state index contributed by atoms with van der Waals surface area (Å²) in [6.45, 7) is 2.44. The molecule has 2 N–H and O–H groups in total. The molecular formula is C28H33FN2O4. The number of carbonyl (C=O) groups excluding carboxylic acids is 1. The zero-order valence-corrected chi connectivity index (χ0v) is 20.3. The van der Waals surface area contributed by atoms with Crippen LogP contribution in [-0.2, 0) is 11.2 Å². The van der Waals surface area contributed by atoms with Gasteiger partial charge in [-0.25, -0.2) is 4.39 Å². The third-order valence-electron chi connectivity index (χ3n) is 9.09. The Hall–Kier alpha value is -2.80. The van der Waals surface area contributed by atoms with Crippen LogP contribution in [0.4, 0.5) is 4.39 Å². The van der Waals surface area contributed by atoms with E-state index < -0.39 is 12.1 Å². The second-order valence-corrected chi connectivity index (χ2v) is 11.0.